The maximum Gasteiger partial charge on any atom is 0.316 e. The maximum atomic E-state index is 14.2. The Morgan fingerprint density at radius 1 is 0.957 bits per heavy atom. The van der Waals surface area contributed by atoms with Gasteiger partial charge in [0.05, 0.1) is 10.9 Å². The van der Waals surface area contributed by atoms with E-state index in [0.717, 1.165) is 12.8 Å². The first-order chi connectivity index (χ1) is 21.3. The molecule has 12 nitrogen and oxygen atoms in total. The number of carbonyl (C=O) groups excluding carboxylic acids is 5. The summed E-state index contributed by atoms with van der Waals surface area (Å²) >= 11 is 0. The molecule has 3 saturated carbocycles. The summed E-state index contributed by atoms with van der Waals surface area (Å²) in [4.78, 5) is 68.9. The highest BCUT2D eigenvalue weighted by atomic mass is 32.2. The van der Waals surface area contributed by atoms with Crippen molar-refractivity contribution in [1.29, 1.82) is 0 Å². The minimum absolute atomic E-state index is 0.00278. The molecule has 13 heteroatoms. The lowest BCUT2D eigenvalue weighted by Gasteiger charge is -2.38. The third-order valence-corrected chi connectivity index (χ3v) is 11.6. The number of carbonyl (C=O) groups is 5. The Morgan fingerprint density at radius 2 is 1.57 bits per heavy atom. The summed E-state index contributed by atoms with van der Waals surface area (Å²) in [5.74, 6) is -2.06. The van der Waals surface area contributed by atoms with Crippen LogP contribution in [0.25, 0.3) is 0 Å². The van der Waals surface area contributed by atoms with Crippen LogP contribution < -0.4 is 20.7 Å². The van der Waals surface area contributed by atoms with Crippen LogP contribution in [0.2, 0.25) is 0 Å². The smallest absolute Gasteiger partial charge is 0.316 e. The average molecular weight is 658 g/mol. The molecule has 4 aliphatic rings. The van der Waals surface area contributed by atoms with Gasteiger partial charge in [0.1, 0.15) is 17.6 Å². The second-order valence-corrected chi connectivity index (χ2v) is 17.2. The topological polar surface area (TPSA) is 171 Å². The zero-order chi connectivity index (χ0) is 34.0. The molecule has 3 aliphatic carbocycles. The molecule has 5 unspecified atom stereocenters. The van der Waals surface area contributed by atoms with E-state index in [9.17, 15) is 32.4 Å². The van der Waals surface area contributed by atoms with Crippen LogP contribution in [0.3, 0.4) is 0 Å². The van der Waals surface area contributed by atoms with Crippen molar-refractivity contribution < 1.29 is 32.4 Å². The van der Waals surface area contributed by atoms with Gasteiger partial charge in [0.25, 0.3) is 15.9 Å². The van der Waals surface area contributed by atoms with Crippen LogP contribution >= 0.6 is 0 Å². The lowest BCUT2D eigenvalue weighted by molar-refractivity contribution is -0.144. The number of nitrogens with zero attached hydrogens (tertiary/aromatic N) is 1. The number of Topliss-reactive ketones (excluding diaryl/α,β-unsaturated/α-hetero) is 1. The quantitative estimate of drug-likeness (QED) is 0.283. The molecular weight excluding hydrogens is 610 g/mol. The number of rotatable bonds is 11. The van der Waals surface area contributed by atoms with Crippen molar-refractivity contribution in [1.82, 2.24) is 25.6 Å². The molecule has 4 fully saturated rings. The largest absolute Gasteiger partial charge is 0.340 e. The monoisotopic (exact) mass is 657 g/mol. The van der Waals surface area contributed by atoms with Crippen molar-refractivity contribution in [3.63, 3.8) is 0 Å². The number of amides is 5. The average Bonchev–Trinajstić information content (AvgIpc) is 3.92. The van der Waals surface area contributed by atoms with Crippen LogP contribution in [-0.4, -0.2) is 73.1 Å². The molecule has 46 heavy (non-hydrogen) atoms. The number of nitrogens with one attached hydrogen (secondary N) is 4. The molecule has 252 valence electrons. The number of piperidine rings is 1. The number of sulfonamides is 1. The number of ketones is 1. The van der Waals surface area contributed by atoms with Crippen molar-refractivity contribution in [2.24, 2.45) is 34.5 Å². The number of urea groups is 1. The van der Waals surface area contributed by atoms with Crippen molar-refractivity contribution in [3.05, 3.63) is 30.3 Å². The fraction of sp³-hybridized carbons (Fsp3) is 0.667. The first-order valence-corrected chi connectivity index (χ1v) is 17.6. The first-order valence-electron chi connectivity index (χ1n) is 16.2. The predicted octanol–water partition coefficient (Wildman–Crippen LogP) is 2.34. The second kappa shape index (κ2) is 11.6. The number of fused-ring (bicyclic) bond motifs is 1. The van der Waals surface area contributed by atoms with Gasteiger partial charge < -0.3 is 20.9 Å². The number of hydrogen-bond donors (Lipinski definition) is 4. The molecule has 0 spiro atoms. The molecule has 0 aromatic heterocycles. The van der Waals surface area contributed by atoms with Crippen LogP contribution in [0.15, 0.2) is 35.2 Å². The van der Waals surface area contributed by atoms with E-state index in [1.807, 2.05) is 48.5 Å². The van der Waals surface area contributed by atoms with Crippen LogP contribution in [-0.2, 0) is 29.2 Å². The van der Waals surface area contributed by atoms with Gasteiger partial charge in [0.2, 0.25) is 11.8 Å². The molecular formula is C33H47N5O7S. The van der Waals surface area contributed by atoms with Gasteiger partial charge >= 0.3 is 6.03 Å². The zero-order valence-corrected chi connectivity index (χ0v) is 28.5. The standard InChI is InChI=1S/C33H47N5O7S/c1-18(2)23(25(39)19-13-14-19)34-30(43)35-26(31(3,4)5)28(41)38-17-21-22(32(21,6)7)24(38)27(40)36-33(15-16-33)29(42)37-46(44,45)20-11-9-8-10-12-20/h8-12,18-19,21-24,26H,13-17H2,1-7H3,(H,36,40)(H,37,42)(H2,34,35,43). The van der Waals surface area contributed by atoms with Gasteiger partial charge in [0.15, 0.2) is 5.78 Å². The van der Waals surface area contributed by atoms with E-state index in [4.69, 9.17) is 0 Å². The number of benzene rings is 1. The van der Waals surface area contributed by atoms with E-state index >= 15 is 0 Å². The highest BCUT2D eigenvalue weighted by Gasteiger charge is 2.70. The molecule has 5 rings (SSSR count). The minimum Gasteiger partial charge on any atom is -0.340 e. The van der Waals surface area contributed by atoms with E-state index in [2.05, 4.69) is 20.7 Å². The van der Waals surface area contributed by atoms with Gasteiger partial charge in [-0.05, 0) is 66.4 Å². The summed E-state index contributed by atoms with van der Waals surface area (Å²) in [6, 6.07) is 4.29. The van der Waals surface area contributed by atoms with Crippen molar-refractivity contribution in [3.8, 4) is 0 Å². The van der Waals surface area contributed by atoms with Gasteiger partial charge in [-0.15, -0.1) is 0 Å². The Morgan fingerprint density at radius 3 is 2.09 bits per heavy atom. The van der Waals surface area contributed by atoms with Gasteiger partial charge in [0, 0.05) is 12.5 Å². The van der Waals surface area contributed by atoms with Crippen LogP contribution in [0.1, 0.15) is 74.1 Å². The molecule has 1 aromatic carbocycles. The normalized spacial score (nSPS) is 25.5. The van der Waals surface area contributed by atoms with Crippen LogP contribution in [0, 0.1) is 34.5 Å². The molecule has 0 bridgehead atoms. The van der Waals surface area contributed by atoms with Crippen LogP contribution in [0.5, 0.6) is 0 Å². The highest BCUT2D eigenvalue weighted by Crippen LogP contribution is 2.65. The molecule has 1 aromatic rings. The predicted molar refractivity (Wildman–Crippen MR) is 169 cm³/mol. The Balaban J connectivity index is 1.31. The lowest BCUT2D eigenvalue weighted by atomic mass is 9.85. The number of hydrogen-bond acceptors (Lipinski definition) is 7. The van der Waals surface area contributed by atoms with Crippen molar-refractivity contribution in [2.45, 2.75) is 103 Å². The van der Waals surface area contributed by atoms with E-state index in [1.54, 1.807) is 18.2 Å². The first kappa shape index (κ1) is 33.9. The van der Waals surface area contributed by atoms with Crippen molar-refractivity contribution in [2.75, 3.05) is 6.54 Å². The molecule has 0 radical (unpaired) electrons. The summed E-state index contributed by atoms with van der Waals surface area (Å²) < 4.78 is 27.8. The molecule has 5 amide bonds. The molecule has 1 heterocycles. The fourth-order valence-corrected chi connectivity index (χ4v) is 7.92. The van der Waals surface area contributed by atoms with E-state index in [0.29, 0.717) is 6.54 Å². The van der Waals surface area contributed by atoms with Crippen molar-refractivity contribution >= 4 is 39.6 Å². The zero-order valence-electron chi connectivity index (χ0n) is 27.7. The van der Waals surface area contributed by atoms with Crippen LogP contribution in [0.4, 0.5) is 4.79 Å². The maximum absolute atomic E-state index is 14.2. The van der Waals surface area contributed by atoms with E-state index in [-0.39, 0.29) is 52.6 Å². The molecule has 4 N–H and O–H groups in total. The third-order valence-electron chi connectivity index (χ3n) is 10.2. The SMILES string of the molecule is CC(C)C(NC(=O)NC(C(=O)N1CC2C(C1C(=O)NC1(C(=O)NS(=O)(=O)c3ccccc3)CC1)C2(C)C)C(C)(C)C)C(=O)C1CC1. The van der Waals surface area contributed by atoms with E-state index < -0.39 is 62.9 Å². The van der Waals surface area contributed by atoms with Gasteiger partial charge in [-0.3, -0.25) is 19.2 Å². The molecule has 1 saturated heterocycles. The minimum atomic E-state index is -4.15. The van der Waals surface area contributed by atoms with Gasteiger partial charge in [-0.25, -0.2) is 17.9 Å². The Kier molecular flexibility index (Phi) is 8.57. The summed E-state index contributed by atoms with van der Waals surface area (Å²) in [6.45, 7) is 13.6. The Bertz CT molecular complexity index is 1530. The lowest BCUT2D eigenvalue weighted by Crippen LogP contribution is -2.62. The Hall–Kier alpha value is -3.48. The van der Waals surface area contributed by atoms with Gasteiger partial charge in [-0.2, -0.15) is 0 Å². The Labute approximate surface area is 271 Å². The summed E-state index contributed by atoms with van der Waals surface area (Å²) in [6.07, 6.45) is 2.15. The van der Waals surface area contributed by atoms with E-state index in [1.165, 1.54) is 17.0 Å². The summed E-state index contributed by atoms with van der Waals surface area (Å²) in [7, 11) is -4.15. The molecule has 5 atom stereocenters. The summed E-state index contributed by atoms with van der Waals surface area (Å²) in [5, 5.41) is 8.40. The number of likely N-dealkylation sites (tertiary alicyclic amines) is 1. The highest BCUT2D eigenvalue weighted by molar-refractivity contribution is 7.90. The second-order valence-electron chi connectivity index (χ2n) is 15.5. The third kappa shape index (κ3) is 6.52. The van der Waals surface area contributed by atoms with Gasteiger partial charge in [-0.1, -0.05) is 66.7 Å². The molecule has 1 aliphatic heterocycles. The fourth-order valence-electron chi connectivity index (χ4n) is 6.85. The summed E-state index contributed by atoms with van der Waals surface area (Å²) in [5.41, 5.74) is -2.36.